The predicted octanol–water partition coefficient (Wildman–Crippen LogP) is 17.3. The van der Waals surface area contributed by atoms with Gasteiger partial charge in [-0.05, 0) is 90.3 Å². The number of aromatic hydroxyl groups is 3. The minimum atomic E-state index is -0.994. The van der Waals surface area contributed by atoms with Gasteiger partial charge >= 0.3 is 0 Å². The van der Waals surface area contributed by atoms with E-state index in [1.54, 1.807) is 35.3 Å². The van der Waals surface area contributed by atoms with Crippen molar-refractivity contribution in [3.8, 4) is 17.2 Å². The smallest absolute Gasteiger partial charge is 0.187 e. The first-order valence-corrected chi connectivity index (χ1v) is 25.4. The second kappa shape index (κ2) is 26.6. The minimum absolute atomic E-state index is 0.263. The first-order chi connectivity index (χ1) is 35.7. The fourth-order valence-electron chi connectivity index (χ4n) is 6.82. The molecule has 6 nitrogen and oxygen atoms in total. The first-order valence-electron chi connectivity index (χ1n) is 22.6. The van der Waals surface area contributed by atoms with Crippen molar-refractivity contribution in [2.75, 3.05) is 16.0 Å². The van der Waals surface area contributed by atoms with Gasteiger partial charge in [-0.2, -0.15) is 0 Å². The molecular formula is C58H46ClF6N3O3S3. The van der Waals surface area contributed by atoms with Crippen molar-refractivity contribution in [3.05, 3.63) is 250 Å². The lowest BCUT2D eigenvalue weighted by Gasteiger charge is -2.12. The van der Waals surface area contributed by atoms with Crippen molar-refractivity contribution in [2.45, 2.75) is 55.9 Å². The van der Waals surface area contributed by atoms with Crippen LogP contribution in [0.15, 0.2) is 217 Å². The summed E-state index contributed by atoms with van der Waals surface area (Å²) in [5.41, 5.74) is 5.04. The van der Waals surface area contributed by atoms with E-state index in [0.717, 1.165) is 82.5 Å². The Morgan fingerprint density at radius 1 is 0.365 bits per heavy atom. The highest BCUT2D eigenvalue weighted by atomic mass is 35.5. The van der Waals surface area contributed by atoms with Crippen LogP contribution in [0.1, 0.15) is 22.3 Å². The highest BCUT2D eigenvalue weighted by molar-refractivity contribution is 8.00. The second-order valence-electron chi connectivity index (χ2n) is 16.1. The molecule has 0 radical (unpaired) electrons. The number of benzene rings is 9. The summed E-state index contributed by atoms with van der Waals surface area (Å²) in [7, 11) is 0. The average Bonchev–Trinajstić information content (AvgIpc) is 3.40. The molecule has 0 aliphatic rings. The van der Waals surface area contributed by atoms with E-state index in [4.69, 9.17) is 26.9 Å². The Labute approximate surface area is 442 Å². The van der Waals surface area contributed by atoms with Gasteiger partial charge in [-0.25, -0.2) is 26.3 Å². The number of halogens is 7. The van der Waals surface area contributed by atoms with E-state index in [1.165, 1.54) is 5.56 Å². The molecule has 0 aliphatic carbocycles. The van der Waals surface area contributed by atoms with E-state index >= 15 is 0 Å². The molecule has 0 amide bonds. The van der Waals surface area contributed by atoms with Gasteiger partial charge in [0.15, 0.2) is 52.2 Å². The number of nitrogens with one attached hydrogen (secondary N) is 3. The molecule has 0 aliphatic heterocycles. The molecule has 0 aromatic heterocycles. The van der Waals surface area contributed by atoms with E-state index in [9.17, 15) is 26.3 Å². The lowest BCUT2D eigenvalue weighted by atomic mass is 10.2. The maximum Gasteiger partial charge on any atom is 0.187 e. The van der Waals surface area contributed by atoms with Crippen LogP contribution in [-0.4, -0.2) is 15.3 Å². The molecule has 9 rings (SSSR count). The van der Waals surface area contributed by atoms with E-state index in [-0.39, 0.29) is 17.1 Å². The molecule has 0 fully saturated rings. The Kier molecular flexibility index (Phi) is 19.6. The minimum Gasteiger partial charge on any atom is -0.503 e. The van der Waals surface area contributed by atoms with Crippen molar-refractivity contribution < 1.29 is 41.7 Å². The summed E-state index contributed by atoms with van der Waals surface area (Å²) in [5, 5.41) is 37.1. The van der Waals surface area contributed by atoms with Crippen LogP contribution in [0, 0.1) is 41.8 Å². The lowest BCUT2D eigenvalue weighted by molar-refractivity contribution is 0.396. The third-order valence-electron chi connectivity index (χ3n) is 10.7. The summed E-state index contributed by atoms with van der Waals surface area (Å²) >= 11 is 10.8. The van der Waals surface area contributed by atoms with Crippen molar-refractivity contribution in [1.29, 1.82) is 0 Å². The number of aryl methyl sites for hydroxylation is 1. The number of hydrogen-bond acceptors (Lipinski definition) is 9. The van der Waals surface area contributed by atoms with Gasteiger partial charge in [-0.15, -0.1) is 0 Å². The highest BCUT2D eigenvalue weighted by Crippen LogP contribution is 2.35. The van der Waals surface area contributed by atoms with E-state index in [2.05, 4.69) is 40.2 Å². The van der Waals surface area contributed by atoms with E-state index < -0.39 is 52.2 Å². The van der Waals surface area contributed by atoms with Crippen LogP contribution in [0.2, 0.25) is 5.02 Å². The molecule has 16 heteroatoms. The van der Waals surface area contributed by atoms with Gasteiger partial charge in [-0.1, -0.05) is 137 Å². The van der Waals surface area contributed by atoms with Crippen LogP contribution in [0.3, 0.4) is 0 Å². The first kappa shape index (κ1) is 54.5. The third-order valence-corrected chi connectivity index (χ3v) is 14.3. The van der Waals surface area contributed by atoms with E-state index in [0.29, 0.717) is 24.7 Å². The zero-order valence-electron chi connectivity index (χ0n) is 39.2. The molecule has 0 saturated carbocycles. The Morgan fingerprint density at radius 3 is 0.959 bits per heavy atom. The van der Waals surface area contributed by atoms with E-state index in [1.807, 2.05) is 134 Å². The molecule has 9 aromatic rings. The molecule has 74 heavy (non-hydrogen) atoms. The number of phenols is 3. The van der Waals surface area contributed by atoms with Gasteiger partial charge in [0.25, 0.3) is 0 Å². The van der Waals surface area contributed by atoms with Gasteiger partial charge in [0, 0.05) is 107 Å². The maximum atomic E-state index is 13.4. The fraction of sp³-hybridized carbons (Fsp3) is 0.0690. The zero-order valence-corrected chi connectivity index (χ0v) is 42.4. The molecule has 0 heterocycles. The van der Waals surface area contributed by atoms with Crippen LogP contribution >= 0.6 is 46.9 Å². The molecule has 0 bridgehead atoms. The molecule has 0 unspecified atom stereocenters. The maximum absolute atomic E-state index is 13.4. The second-order valence-corrected chi connectivity index (χ2v) is 19.9. The van der Waals surface area contributed by atoms with Gasteiger partial charge in [0.05, 0.1) is 0 Å². The van der Waals surface area contributed by atoms with Crippen LogP contribution in [-0.2, 0) is 19.6 Å². The molecule has 0 spiro atoms. The van der Waals surface area contributed by atoms with Gasteiger partial charge in [0.1, 0.15) is 0 Å². The molecular weight excluding hydrogens is 1030 g/mol. The topological polar surface area (TPSA) is 96.8 Å². The molecule has 0 saturated heterocycles. The summed E-state index contributed by atoms with van der Waals surface area (Å²) in [4.78, 5) is 6.44. The molecule has 378 valence electrons. The number of anilines is 3. The van der Waals surface area contributed by atoms with Crippen molar-refractivity contribution in [2.24, 2.45) is 0 Å². The van der Waals surface area contributed by atoms with Crippen molar-refractivity contribution >= 4 is 63.9 Å². The van der Waals surface area contributed by atoms with Crippen LogP contribution in [0.25, 0.3) is 0 Å². The summed E-state index contributed by atoms with van der Waals surface area (Å²) < 4.78 is 80.5. The largest absolute Gasteiger partial charge is 0.503 e. The molecule has 9 aromatic carbocycles. The van der Waals surface area contributed by atoms with Gasteiger partial charge in [0.2, 0.25) is 0 Å². The summed E-state index contributed by atoms with van der Waals surface area (Å²) in [5.74, 6) is -8.80. The van der Waals surface area contributed by atoms with Crippen LogP contribution in [0.5, 0.6) is 17.2 Å². The number of hydrogen-bond donors (Lipinski definition) is 6. The average molecular weight is 1080 g/mol. The standard InChI is InChI=1S/C20H17F2NOS.C19H14ClF2NOS.C19H15F2NOS/c1-13-6-8-16(9-7-13)25-19-5-3-2-4-14(19)12-23-15-10-17(21)20(24)18(22)11-15;20-13-5-7-15(8-6-13)25-18-4-2-1-3-12(18)11-23-14-9-16(21)19(24)17(22)10-14;20-16-10-14(11-17(21)19(16)23)22-12-13-6-4-5-9-18(13)24-15-7-2-1-3-8-15/h2-11,23-24H,12H2,1H3;1-10,23-24H,11H2;1-11,22-23H,12H2. The number of phenolic OH excluding ortho intramolecular Hbond substituents is 3. The Morgan fingerprint density at radius 2 is 0.635 bits per heavy atom. The van der Waals surface area contributed by atoms with Gasteiger partial charge < -0.3 is 31.3 Å². The summed E-state index contributed by atoms with van der Waals surface area (Å²) in [6.07, 6.45) is 0. The zero-order chi connectivity index (χ0) is 52.6. The third kappa shape index (κ3) is 15.8. The summed E-state index contributed by atoms with van der Waals surface area (Å²) in [6, 6.07) is 55.6. The predicted molar refractivity (Wildman–Crippen MR) is 287 cm³/mol. The Balaban J connectivity index is 0.000000162. The number of rotatable bonds is 15. The normalized spacial score (nSPS) is 10.6. The van der Waals surface area contributed by atoms with Crippen molar-refractivity contribution in [1.82, 2.24) is 0 Å². The van der Waals surface area contributed by atoms with Gasteiger partial charge in [-0.3, -0.25) is 0 Å². The van der Waals surface area contributed by atoms with Crippen LogP contribution < -0.4 is 16.0 Å². The molecule has 6 N–H and O–H groups in total. The fourth-order valence-corrected chi connectivity index (χ4v) is 9.80. The molecule has 0 atom stereocenters. The van der Waals surface area contributed by atoms with Crippen LogP contribution in [0.4, 0.5) is 43.4 Å². The van der Waals surface area contributed by atoms with Crippen molar-refractivity contribution in [3.63, 3.8) is 0 Å². The highest BCUT2D eigenvalue weighted by Gasteiger charge is 2.14. The quantitative estimate of drug-likeness (QED) is 0.0443. The summed E-state index contributed by atoms with van der Waals surface area (Å²) in [6.45, 7) is 3.26. The Hall–Kier alpha value is -7.30. The monoisotopic (exact) mass is 1080 g/mol. The Bertz CT molecular complexity index is 3090. The lowest BCUT2D eigenvalue weighted by Crippen LogP contribution is -2.02. The SMILES string of the molecule is Cc1ccc(Sc2ccccc2CNc2cc(F)c(O)c(F)c2)cc1.Oc1c(F)cc(NCc2ccccc2Sc2ccc(Cl)cc2)cc1F.Oc1c(F)cc(NCc2ccccc2Sc2ccccc2)cc1F.